The van der Waals surface area contributed by atoms with Crippen molar-refractivity contribution < 1.29 is 9.53 Å². The molecule has 0 aliphatic carbocycles. The SMILES string of the molecule is CC(C)CCOc1ccc(C(=O)NC(c2ccccc2)c2ccncc2)cc1. The van der Waals surface area contributed by atoms with Gasteiger partial charge in [-0.25, -0.2) is 0 Å². The number of ether oxygens (including phenoxy) is 1. The fourth-order valence-corrected chi connectivity index (χ4v) is 2.89. The molecule has 0 radical (unpaired) electrons. The molecule has 0 saturated heterocycles. The summed E-state index contributed by atoms with van der Waals surface area (Å²) in [5, 5.41) is 3.14. The Morgan fingerprint density at radius 1 is 0.929 bits per heavy atom. The van der Waals surface area contributed by atoms with Crippen molar-refractivity contribution in [1.82, 2.24) is 10.3 Å². The summed E-state index contributed by atoms with van der Waals surface area (Å²) >= 11 is 0. The van der Waals surface area contributed by atoms with Crippen LogP contribution in [0.25, 0.3) is 0 Å². The van der Waals surface area contributed by atoms with Gasteiger partial charge in [-0.15, -0.1) is 0 Å². The molecule has 1 unspecified atom stereocenters. The summed E-state index contributed by atoms with van der Waals surface area (Å²) < 4.78 is 5.73. The van der Waals surface area contributed by atoms with Gasteiger partial charge in [-0.2, -0.15) is 0 Å². The van der Waals surface area contributed by atoms with E-state index in [2.05, 4.69) is 24.1 Å². The van der Waals surface area contributed by atoms with Gasteiger partial charge >= 0.3 is 0 Å². The summed E-state index contributed by atoms with van der Waals surface area (Å²) in [6.07, 6.45) is 4.48. The Morgan fingerprint density at radius 2 is 1.57 bits per heavy atom. The van der Waals surface area contributed by atoms with Gasteiger partial charge in [0.25, 0.3) is 5.91 Å². The number of benzene rings is 2. The van der Waals surface area contributed by atoms with Gasteiger partial charge in [0.1, 0.15) is 5.75 Å². The molecule has 1 amide bonds. The first-order valence-electron chi connectivity index (χ1n) is 9.62. The highest BCUT2D eigenvalue weighted by molar-refractivity contribution is 5.94. The lowest BCUT2D eigenvalue weighted by molar-refractivity contribution is 0.0943. The Hall–Kier alpha value is -3.14. The summed E-state index contributed by atoms with van der Waals surface area (Å²) in [5.74, 6) is 1.26. The predicted molar refractivity (Wildman–Crippen MR) is 111 cm³/mol. The molecule has 0 saturated carbocycles. The van der Waals surface area contributed by atoms with E-state index in [1.807, 2.05) is 54.6 Å². The molecule has 0 spiro atoms. The minimum Gasteiger partial charge on any atom is -0.494 e. The Kier molecular flexibility index (Phi) is 6.79. The molecule has 3 aromatic rings. The first kappa shape index (κ1) is 19.6. The van der Waals surface area contributed by atoms with Crippen LogP contribution in [0.5, 0.6) is 5.75 Å². The van der Waals surface area contributed by atoms with Crippen LogP contribution in [0.3, 0.4) is 0 Å². The number of rotatable bonds is 8. The molecule has 144 valence electrons. The van der Waals surface area contributed by atoms with E-state index in [0.29, 0.717) is 18.1 Å². The third-order valence-electron chi connectivity index (χ3n) is 4.53. The van der Waals surface area contributed by atoms with Crippen molar-refractivity contribution in [3.63, 3.8) is 0 Å². The smallest absolute Gasteiger partial charge is 0.252 e. The standard InChI is InChI=1S/C24H26N2O2/c1-18(2)14-17-28-22-10-8-21(9-11-22)24(27)26-23(19-6-4-3-5-7-19)20-12-15-25-16-13-20/h3-13,15-16,18,23H,14,17H2,1-2H3,(H,26,27). The number of nitrogens with one attached hydrogen (secondary N) is 1. The minimum absolute atomic E-state index is 0.126. The molecule has 3 rings (SSSR count). The van der Waals surface area contributed by atoms with Crippen LogP contribution in [0, 0.1) is 5.92 Å². The average molecular weight is 374 g/mol. The van der Waals surface area contributed by atoms with Crippen molar-refractivity contribution in [2.75, 3.05) is 6.61 Å². The first-order chi connectivity index (χ1) is 13.6. The van der Waals surface area contributed by atoms with E-state index in [0.717, 1.165) is 23.3 Å². The normalized spacial score (nSPS) is 11.8. The van der Waals surface area contributed by atoms with E-state index >= 15 is 0 Å². The van der Waals surface area contributed by atoms with Crippen molar-refractivity contribution in [2.24, 2.45) is 5.92 Å². The van der Waals surface area contributed by atoms with Crippen molar-refractivity contribution >= 4 is 5.91 Å². The molecular weight excluding hydrogens is 348 g/mol. The summed E-state index contributed by atoms with van der Waals surface area (Å²) in [6, 6.07) is 20.8. The third kappa shape index (κ3) is 5.43. The monoisotopic (exact) mass is 374 g/mol. The number of pyridine rings is 1. The Morgan fingerprint density at radius 3 is 2.21 bits per heavy atom. The molecule has 1 heterocycles. The predicted octanol–water partition coefficient (Wildman–Crippen LogP) is 5.03. The number of nitrogens with zero attached hydrogens (tertiary/aromatic N) is 1. The zero-order chi connectivity index (χ0) is 19.8. The molecule has 2 aromatic carbocycles. The second-order valence-corrected chi connectivity index (χ2v) is 7.15. The quantitative estimate of drug-likeness (QED) is 0.602. The van der Waals surface area contributed by atoms with Gasteiger partial charge in [0.05, 0.1) is 12.6 Å². The Labute approximate surface area is 166 Å². The molecular formula is C24H26N2O2. The topological polar surface area (TPSA) is 51.2 Å². The molecule has 1 aromatic heterocycles. The molecule has 4 heteroatoms. The van der Waals surface area contributed by atoms with Gasteiger partial charge < -0.3 is 10.1 Å². The second-order valence-electron chi connectivity index (χ2n) is 7.15. The highest BCUT2D eigenvalue weighted by Gasteiger charge is 2.17. The molecule has 1 atom stereocenters. The maximum atomic E-state index is 12.8. The van der Waals surface area contributed by atoms with E-state index in [9.17, 15) is 4.79 Å². The van der Waals surface area contributed by atoms with Crippen LogP contribution in [-0.2, 0) is 0 Å². The Balaban J connectivity index is 1.72. The summed E-state index contributed by atoms with van der Waals surface area (Å²) in [7, 11) is 0. The van der Waals surface area contributed by atoms with Crippen LogP contribution in [0.2, 0.25) is 0 Å². The lowest BCUT2D eigenvalue weighted by atomic mass is 9.99. The van der Waals surface area contributed by atoms with Gasteiger partial charge in [-0.05, 0) is 59.9 Å². The minimum atomic E-state index is -0.237. The van der Waals surface area contributed by atoms with Crippen molar-refractivity contribution in [3.8, 4) is 5.75 Å². The largest absolute Gasteiger partial charge is 0.494 e. The maximum absolute atomic E-state index is 12.8. The van der Waals surface area contributed by atoms with Gasteiger partial charge in [-0.3, -0.25) is 9.78 Å². The van der Waals surface area contributed by atoms with Crippen molar-refractivity contribution in [3.05, 3.63) is 95.8 Å². The van der Waals surface area contributed by atoms with Crippen LogP contribution >= 0.6 is 0 Å². The summed E-state index contributed by atoms with van der Waals surface area (Å²) in [5.41, 5.74) is 2.62. The fourth-order valence-electron chi connectivity index (χ4n) is 2.89. The fraction of sp³-hybridized carbons (Fsp3) is 0.250. The van der Waals surface area contributed by atoms with Gasteiger partial charge in [-0.1, -0.05) is 44.2 Å². The lowest BCUT2D eigenvalue weighted by Gasteiger charge is -2.20. The molecule has 28 heavy (non-hydrogen) atoms. The molecule has 0 bridgehead atoms. The number of hydrogen-bond donors (Lipinski definition) is 1. The molecule has 1 N–H and O–H groups in total. The van der Waals surface area contributed by atoms with Gasteiger partial charge in [0, 0.05) is 18.0 Å². The van der Waals surface area contributed by atoms with Crippen LogP contribution < -0.4 is 10.1 Å². The second kappa shape index (κ2) is 9.70. The van der Waals surface area contributed by atoms with Crippen molar-refractivity contribution in [1.29, 1.82) is 0 Å². The van der Waals surface area contributed by atoms with E-state index < -0.39 is 0 Å². The summed E-state index contributed by atoms with van der Waals surface area (Å²) in [4.78, 5) is 16.9. The van der Waals surface area contributed by atoms with Crippen LogP contribution in [0.1, 0.15) is 47.8 Å². The van der Waals surface area contributed by atoms with E-state index in [-0.39, 0.29) is 11.9 Å². The average Bonchev–Trinajstić information content (AvgIpc) is 2.73. The highest BCUT2D eigenvalue weighted by Crippen LogP contribution is 2.22. The first-order valence-corrected chi connectivity index (χ1v) is 9.62. The summed E-state index contributed by atoms with van der Waals surface area (Å²) in [6.45, 7) is 5.02. The Bertz CT molecular complexity index is 823. The van der Waals surface area contributed by atoms with E-state index in [1.165, 1.54) is 0 Å². The van der Waals surface area contributed by atoms with Crippen molar-refractivity contribution in [2.45, 2.75) is 26.3 Å². The molecule has 0 fully saturated rings. The number of amides is 1. The van der Waals surface area contributed by atoms with E-state index in [1.54, 1.807) is 24.5 Å². The van der Waals surface area contributed by atoms with E-state index in [4.69, 9.17) is 4.74 Å². The maximum Gasteiger partial charge on any atom is 0.252 e. The van der Waals surface area contributed by atoms with Crippen LogP contribution in [-0.4, -0.2) is 17.5 Å². The zero-order valence-corrected chi connectivity index (χ0v) is 16.3. The molecule has 0 aliphatic rings. The number of carbonyl (C=O) groups is 1. The lowest BCUT2D eigenvalue weighted by Crippen LogP contribution is -2.29. The van der Waals surface area contributed by atoms with Crippen LogP contribution in [0.15, 0.2) is 79.1 Å². The number of hydrogen-bond acceptors (Lipinski definition) is 3. The molecule has 4 nitrogen and oxygen atoms in total. The number of carbonyl (C=O) groups excluding carboxylic acids is 1. The highest BCUT2D eigenvalue weighted by atomic mass is 16.5. The third-order valence-corrected chi connectivity index (χ3v) is 4.53. The van der Waals surface area contributed by atoms with Gasteiger partial charge in [0.2, 0.25) is 0 Å². The number of aromatic nitrogens is 1. The van der Waals surface area contributed by atoms with Gasteiger partial charge in [0.15, 0.2) is 0 Å². The van der Waals surface area contributed by atoms with Crippen LogP contribution in [0.4, 0.5) is 0 Å². The zero-order valence-electron chi connectivity index (χ0n) is 16.3. The molecule has 0 aliphatic heterocycles.